The highest BCUT2D eigenvalue weighted by Gasteiger charge is 2.69. The minimum absolute atomic E-state index is 0.121. The van der Waals surface area contributed by atoms with Crippen LogP contribution in [-0.2, 0) is 19.1 Å². The Balaban J connectivity index is 1.32. The summed E-state index contributed by atoms with van der Waals surface area (Å²) in [6.45, 7) is 3.93. The zero-order chi connectivity index (χ0) is 21.5. The van der Waals surface area contributed by atoms with E-state index in [1.807, 2.05) is 18.2 Å². The molecule has 4 rings (SSSR count). The van der Waals surface area contributed by atoms with E-state index in [9.17, 15) is 14.4 Å². The standard InChI is InChI=1S/C20H23N5O5/c1-19(18(28)29-3)11-23-16-20(2,17(27)25(16)19)30-9-8-21-15(26)14-10-22-12-6-4-5-7-13(12)24-14/h4-7,10,16,23H,8-9,11H2,1-3H3,(H,21,26)/t16?,19-,20-/m0/s1. The number of hydrogen-bond acceptors (Lipinski definition) is 8. The summed E-state index contributed by atoms with van der Waals surface area (Å²) in [4.78, 5) is 47.1. The number of benzene rings is 1. The number of esters is 1. The van der Waals surface area contributed by atoms with Gasteiger partial charge in [-0.1, -0.05) is 12.1 Å². The van der Waals surface area contributed by atoms with Crippen molar-refractivity contribution < 1.29 is 23.9 Å². The van der Waals surface area contributed by atoms with E-state index in [4.69, 9.17) is 9.47 Å². The number of rotatable bonds is 6. The highest BCUT2D eigenvalue weighted by Crippen LogP contribution is 2.42. The molecular formula is C20H23N5O5. The number of amides is 2. The third kappa shape index (κ3) is 2.99. The molecule has 10 heteroatoms. The molecule has 2 amide bonds. The second-order valence-corrected chi connectivity index (χ2v) is 7.68. The van der Waals surface area contributed by atoms with Crippen molar-refractivity contribution in [1.82, 2.24) is 25.5 Å². The van der Waals surface area contributed by atoms with Crippen LogP contribution in [0.3, 0.4) is 0 Å². The number of nitrogens with zero attached hydrogens (tertiary/aromatic N) is 3. The van der Waals surface area contributed by atoms with Gasteiger partial charge in [0.05, 0.1) is 30.9 Å². The first kappa shape index (κ1) is 20.2. The predicted octanol–water partition coefficient (Wildman–Crippen LogP) is -0.162. The second kappa shape index (κ2) is 7.29. The molecule has 0 radical (unpaired) electrons. The van der Waals surface area contributed by atoms with Crippen LogP contribution in [0.5, 0.6) is 0 Å². The number of ether oxygens (including phenoxy) is 2. The number of para-hydroxylation sites is 2. The lowest BCUT2D eigenvalue weighted by atomic mass is 9.86. The summed E-state index contributed by atoms with van der Waals surface area (Å²) >= 11 is 0. The first-order chi connectivity index (χ1) is 14.3. The first-order valence-electron chi connectivity index (χ1n) is 9.61. The summed E-state index contributed by atoms with van der Waals surface area (Å²) in [5.74, 6) is -1.14. The molecule has 1 unspecified atom stereocenters. The molecule has 1 aromatic carbocycles. The van der Waals surface area contributed by atoms with Crippen molar-refractivity contribution in [2.24, 2.45) is 0 Å². The fraction of sp³-hybridized carbons (Fsp3) is 0.450. The number of aromatic nitrogens is 2. The van der Waals surface area contributed by atoms with Crippen molar-refractivity contribution in [2.45, 2.75) is 31.2 Å². The molecule has 2 saturated heterocycles. The number of β-lactam (4-membered cyclic amide) rings is 1. The Morgan fingerprint density at radius 2 is 2.03 bits per heavy atom. The van der Waals surface area contributed by atoms with Gasteiger partial charge in [-0.2, -0.15) is 0 Å². The summed E-state index contributed by atoms with van der Waals surface area (Å²) in [5, 5.41) is 5.87. The monoisotopic (exact) mass is 413 g/mol. The lowest BCUT2D eigenvalue weighted by molar-refractivity contribution is -0.209. The van der Waals surface area contributed by atoms with Crippen LogP contribution in [0.1, 0.15) is 24.3 Å². The highest BCUT2D eigenvalue weighted by atomic mass is 16.5. The molecule has 30 heavy (non-hydrogen) atoms. The fourth-order valence-electron chi connectivity index (χ4n) is 3.95. The molecule has 3 heterocycles. The zero-order valence-corrected chi connectivity index (χ0v) is 17.0. The van der Waals surface area contributed by atoms with E-state index >= 15 is 0 Å². The summed E-state index contributed by atoms with van der Waals surface area (Å²) in [5.41, 5.74) is -0.616. The smallest absolute Gasteiger partial charge is 0.332 e. The molecule has 2 aliphatic heterocycles. The number of hydrogen-bond donors (Lipinski definition) is 2. The van der Waals surface area contributed by atoms with E-state index in [-0.39, 0.29) is 37.2 Å². The average molecular weight is 413 g/mol. The largest absolute Gasteiger partial charge is 0.467 e. The molecule has 2 aromatic rings. The molecule has 0 aliphatic carbocycles. The Kier molecular flexibility index (Phi) is 4.91. The number of carbonyl (C=O) groups is 3. The van der Waals surface area contributed by atoms with Gasteiger partial charge < -0.3 is 19.7 Å². The van der Waals surface area contributed by atoms with Crippen molar-refractivity contribution in [3.8, 4) is 0 Å². The number of fused-ring (bicyclic) bond motifs is 2. The van der Waals surface area contributed by atoms with E-state index in [1.54, 1.807) is 19.9 Å². The predicted molar refractivity (Wildman–Crippen MR) is 105 cm³/mol. The molecule has 2 fully saturated rings. The molecule has 158 valence electrons. The molecule has 3 atom stereocenters. The normalized spacial score (nSPS) is 27.5. The molecule has 10 nitrogen and oxygen atoms in total. The fourth-order valence-corrected chi connectivity index (χ4v) is 3.95. The summed E-state index contributed by atoms with van der Waals surface area (Å²) < 4.78 is 10.6. The average Bonchev–Trinajstić information content (AvgIpc) is 3.11. The van der Waals surface area contributed by atoms with Gasteiger partial charge >= 0.3 is 5.97 Å². The van der Waals surface area contributed by atoms with Gasteiger partial charge in [-0.05, 0) is 26.0 Å². The molecule has 0 saturated carbocycles. The van der Waals surface area contributed by atoms with Crippen molar-refractivity contribution in [2.75, 3.05) is 26.8 Å². The summed E-state index contributed by atoms with van der Waals surface area (Å²) in [6.07, 6.45) is 0.986. The van der Waals surface area contributed by atoms with Crippen LogP contribution in [0, 0.1) is 0 Å². The van der Waals surface area contributed by atoms with E-state index < -0.39 is 23.3 Å². The van der Waals surface area contributed by atoms with E-state index in [0.717, 1.165) is 0 Å². The van der Waals surface area contributed by atoms with Gasteiger partial charge in [0.1, 0.15) is 11.9 Å². The van der Waals surface area contributed by atoms with Crippen molar-refractivity contribution >= 4 is 28.8 Å². The second-order valence-electron chi connectivity index (χ2n) is 7.68. The van der Waals surface area contributed by atoms with Crippen LogP contribution >= 0.6 is 0 Å². The van der Waals surface area contributed by atoms with E-state index in [2.05, 4.69) is 20.6 Å². The van der Waals surface area contributed by atoms with E-state index in [0.29, 0.717) is 11.0 Å². The Hall–Kier alpha value is -3.11. The topological polar surface area (TPSA) is 123 Å². The van der Waals surface area contributed by atoms with Crippen LogP contribution in [0.2, 0.25) is 0 Å². The van der Waals surface area contributed by atoms with Gasteiger partial charge in [-0.15, -0.1) is 0 Å². The Labute approximate surface area is 172 Å². The Bertz CT molecular complexity index is 1030. The number of methoxy groups -OCH3 is 1. The molecule has 0 spiro atoms. The minimum atomic E-state index is -1.11. The maximum absolute atomic E-state index is 12.7. The van der Waals surface area contributed by atoms with Crippen molar-refractivity contribution in [3.63, 3.8) is 0 Å². The first-order valence-corrected chi connectivity index (χ1v) is 9.61. The minimum Gasteiger partial charge on any atom is -0.467 e. The maximum atomic E-state index is 12.7. The Morgan fingerprint density at radius 3 is 2.77 bits per heavy atom. The van der Waals surface area contributed by atoms with Crippen LogP contribution in [0.4, 0.5) is 0 Å². The van der Waals surface area contributed by atoms with Gasteiger partial charge in [-0.25, -0.2) is 9.78 Å². The van der Waals surface area contributed by atoms with Gasteiger partial charge in [0, 0.05) is 13.1 Å². The summed E-state index contributed by atoms with van der Waals surface area (Å²) in [6, 6.07) is 7.28. The van der Waals surface area contributed by atoms with Crippen molar-refractivity contribution in [1.29, 1.82) is 0 Å². The van der Waals surface area contributed by atoms with Crippen LogP contribution < -0.4 is 10.6 Å². The zero-order valence-electron chi connectivity index (χ0n) is 17.0. The molecule has 2 aliphatic rings. The van der Waals surface area contributed by atoms with E-state index in [1.165, 1.54) is 18.2 Å². The molecule has 0 bridgehead atoms. The van der Waals surface area contributed by atoms with Crippen LogP contribution in [-0.4, -0.2) is 76.8 Å². The highest BCUT2D eigenvalue weighted by molar-refractivity contribution is 5.99. The lowest BCUT2D eigenvalue weighted by Gasteiger charge is -2.53. The SMILES string of the molecule is COC(=O)[C@]1(C)CNC2N1C(=O)[C@@]2(C)OCCNC(=O)c1cnc2ccccc2n1. The maximum Gasteiger partial charge on any atom is 0.332 e. The van der Waals surface area contributed by atoms with Crippen molar-refractivity contribution in [3.05, 3.63) is 36.2 Å². The van der Waals surface area contributed by atoms with Crippen LogP contribution in [0.15, 0.2) is 30.5 Å². The van der Waals surface area contributed by atoms with Gasteiger partial charge in [0.15, 0.2) is 11.1 Å². The molecule has 1 aromatic heterocycles. The van der Waals surface area contributed by atoms with Gasteiger partial charge in [-0.3, -0.25) is 19.9 Å². The lowest BCUT2D eigenvalue weighted by Crippen LogP contribution is -2.78. The molecular weight excluding hydrogens is 390 g/mol. The number of nitrogens with one attached hydrogen (secondary N) is 2. The van der Waals surface area contributed by atoms with Gasteiger partial charge in [0.2, 0.25) is 0 Å². The third-order valence-corrected chi connectivity index (χ3v) is 5.69. The summed E-state index contributed by atoms with van der Waals surface area (Å²) in [7, 11) is 1.30. The molecule has 2 N–H and O–H groups in total. The number of carbonyl (C=O) groups excluding carboxylic acids is 3. The van der Waals surface area contributed by atoms with Gasteiger partial charge in [0.25, 0.3) is 11.8 Å². The van der Waals surface area contributed by atoms with Crippen LogP contribution in [0.25, 0.3) is 11.0 Å². The third-order valence-electron chi connectivity index (χ3n) is 5.69. The quantitative estimate of drug-likeness (QED) is 0.380. The Morgan fingerprint density at radius 1 is 1.30 bits per heavy atom.